The van der Waals surface area contributed by atoms with E-state index in [0.29, 0.717) is 31.6 Å². The van der Waals surface area contributed by atoms with E-state index in [1.165, 1.54) is 0 Å². The van der Waals surface area contributed by atoms with E-state index in [1.807, 2.05) is 13.8 Å². The molecule has 0 unspecified atom stereocenters. The van der Waals surface area contributed by atoms with Crippen LogP contribution in [0.1, 0.15) is 46.5 Å². The summed E-state index contributed by atoms with van der Waals surface area (Å²) in [5.41, 5.74) is 0.345. The van der Waals surface area contributed by atoms with Gasteiger partial charge in [0.05, 0.1) is 19.8 Å². The molecule has 128 valence electrons. The van der Waals surface area contributed by atoms with Crippen LogP contribution in [0.2, 0.25) is 0 Å². The number of unbranched alkanes of at least 4 members (excludes halogenated alkanes) is 1. The number of esters is 2. The van der Waals surface area contributed by atoms with E-state index >= 15 is 0 Å². The number of ether oxygens (including phenoxy) is 2. The molecule has 0 aromatic carbocycles. The summed E-state index contributed by atoms with van der Waals surface area (Å²) in [5, 5.41) is 0. The van der Waals surface area contributed by atoms with Crippen LogP contribution in [0.3, 0.4) is 0 Å². The smallest absolute Gasteiger partial charge is 0.333 e. The molecule has 0 aliphatic rings. The van der Waals surface area contributed by atoms with Gasteiger partial charge >= 0.3 is 11.9 Å². The van der Waals surface area contributed by atoms with Crippen LogP contribution in [-0.4, -0.2) is 36.3 Å². The third kappa shape index (κ3) is 14.0. The molecule has 0 saturated carbocycles. The molecule has 0 heterocycles. The maximum Gasteiger partial charge on any atom is 0.333 e. The van der Waals surface area contributed by atoms with Gasteiger partial charge in [-0.1, -0.05) is 22.5 Å². The molecular formula is C15H25BrO6. The third-order valence-electron chi connectivity index (χ3n) is 2.25. The fraction of sp³-hybridized carbons (Fsp3) is 0.733. The van der Waals surface area contributed by atoms with E-state index in [-0.39, 0.29) is 19.0 Å². The first-order chi connectivity index (χ1) is 10.2. The van der Waals surface area contributed by atoms with Gasteiger partial charge in [0.2, 0.25) is 0 Å². The van der Waals surface area contributed by atoms with Crippen LogP contribution in [0.4, 0.5) is 0 Å². The third-order valence-corrected chi connectivity index (χ3v) is 2.38. The van der Waals surface area contributed by atoms with Crippen molar-refractivity contribution in [2.24, 2.45) is 0 Å². The highest BCUT2D eigenvalue weighted by atomic mass is 79.9. The number of halogens is 1. The first kappa shape index (κ1) is 21.1. The molecule has 0 spiro atoms. The van der Waals surface area contributed by atoms with Gasteiger partial charge in [-0.3, -0.25) is 4.79 Å². The van der Waals surface area contributed by atoms with Gasteiger partial charge in [0.15, 0.2) is 4.51 Å². The molecule has 0 N–H and O–H groups in total. The molecule has 0 aromatic heterocycles. The molecule has 0 saturated heterocycles. The van der Waals surface area contributed by atoms with Gasteiger partial charge in [-0.05, 0) is 40.0 Å². The number of hydrogen-bond acceptors (Lipinski definition) is 6. The standard InChI is InChI=1S/C15H25BrO6/c1-12(2)14(18)20-10-7-8-13(17)19-9-5-6-11-21-22-15(3,4)16/h1,5-11H2,2-4H3. The van der Waals surface area contributed by atoms with Crippen molar-refractivity contribution >= 4 is 27.9 Å². The number of rotatable bonds is 12. The van der Waals surface area contributed by atoms with Crippen LogP contribution in [-0.2, 0) is 28.8 Å². The van der Waals surface area contributed by atoms with E-state index in [9.17, 15) is 9.59 Å². The van der Waals surface area contributed by atoms with Gasteiger partial charge in [0.1, 0.15) is 0 Å². The summed E-state index contributed by atoms with van der Waals surface area (Å²) in [6.45, 7) is 9.64. The molecule has 0 radical (unpaired) electrons. The lowest BCUT2D eigenvalue weighted by molar-refractivity contribution is -0.326. The molecule has 22 heavy (non-hydrogen) atoms. The normalized spacial score (nSPS) is 11.1. The van der Waals surface area contributed by atoms with Crippen LogP contribution in [0, 0.1) is 0 Å². The second-order valence-corrected chi connectivity index (χ2v) is 7.13. The Morgan fingerprint density at radius 1 is 1.05 bits per heavy atom. The van der Waals surface area contributed by atoms with Crippen molar-refractivity contribution in [3.63, 3.8) is 0 Å². The molecule has 7 heteroatoms. The summed E-state index contributed by atoms with van der Waals surface area (Å²) in [7, 11) is 0. The molecule has 0 atom stereocenters. The molecular weight excluding hydrogens is 356 g/mol. The summed E-state index contributed by atoms with van der Waals surface area (Å²) >= 11 is 3.27. The van der Waals surface area contributed by atoms with Gasteiger partial charge < -0.3 is 9.47 Å². The van der Waals surface area contributed by atoms with Gasteiger partial charge in [0.25, 0.3) is 0 Å². The Hall–Kier alpha value is -0.920. The average molecular weight is 381 g/mol. The minimum atomic E-state index is -0.507. The zero-order valence-electron chi connectivity index (χ0n) is 13.5. The fourth-order valence-corrected chi connectivity index (χ4v) is 1.30. The molecule has 0 aromatic rings. The Kier molecular flexibility index (Phi) is 11.1. The van der Waals surface area contributed by atoms with Crippen LogP contribution >= 0.6 is 15.9 Å². The van der Waals surface area contributed by atoms with Crippen molar-refractivity contribution in [1.82, 2.24) is 0 Å². The highest BCUT2D eigenvalue weighted by molar-refractivity contribution is 9.10. The monoisotopic (exact) mass is 380 g/mol. The zero-order chi connectivity index (χ0) is 17.0. The van der Waals surface area contributed by atoms with Gasteiger partial charge in [-0.2, -0.15) is 0 Å². The predicted molar refractivity (Wildman–Crippen MR) is 85.2 cm³/mol. The summed E-state index contributed by atoms with van der Waals surface area (Å²) < 4.78 is 9.41. The van der Waals surface area contributed by atoms with Crippen molar-refractivity contribution in [3.05, 3.63) is 12.2 Å². The van der Waals surface area contributed by atoms with Crippen molar-refractivity contribution in [2.45, 2.75) is 51.0 Å². The molecule has 0 fully saturated rings. The Morgan fingerprint density at radius 3 is 2.23 bits per heavy atom. The van der Waals surface area contributed by atoms with Crippen molar-refractivity contribution in [3.8, 4) is 0 Å². The van der Waals surface area contributed by atoms with Crippen LogP contribution < -0.4 is 0 Å². The summed E-state index contributed by atoms with van der Waals surface area (Å²) in [6, 6.07) is 0. The number of alkyl halides is 1. The molecule has 0 aliphatic carbocycles. The second kappa shape index (κ2) is 11.6. The van der Waals surface area contributed by atoms with Gasteiger partial charge in [-0.25, -0.2) is 14.6 Å². The Labute approximate surface area is 140 Å². The Bertz CT molecular complexity index is 362. The maximum absolute atomic E-state index is 11.4. The lowest BCUT2D eigenvalue weighted by Gasteiger charge is -2.15. The number of carbonyl (C=O) groups excluding carboxylic acids is 2. The molecule has 0 bridgehead atoms. The lowest BCUT2D eigenvalue weighted by Crippen LogP contribution is -2.16. The summed E-state index contributed by atoms with van der Waals surface area (Å²) in [5.74, 6) is -0.743. The quantitative estimate of drug-likeness (QED) is 0.129. The Morgan fingerprint density at radius 2 is 1.64 bits per heavy atom. The zero-order valence-corrected chi connectivity index (χ0v) is 15.1. The largest absolute Gasteiger partial charge is 0.466 e. The fourth-order valence-electron chi connectivity index (χ4n) is 1.21. The number of hydrogen-bond donors (Lipinski definition) is 0. The van der Waals surface area contributed by atoms with Crippen LogP contribution in [0.25, 0.3) is 0 Å². The molecule has 0 rings (SSSR count). The maximum atomic E-state index is 11.4. The SMILES string of the molecule is C=C(C)C(=O)OCCCC(=O)OCCCCOOC(C)(C)Br. The topological polar surface area (TPSA) is 71.1 Å². The summed E-state index contributed by atoms with van der Waals surface area (Å²) in [6.07, 6.45) is 2.09. The highest BCUT2D eigenvalue weighted by Crippen LogP contribution is 2.17. The van der Waals surface area contributed by atoms with Crippen LogP contribution in [0.15, 0.2) is 12.2 Å². The molecule has 6 nitrogen and oxygen atoms in total. The minimum absolute atomic E-state index is 0.189. The van der Waals surface area contributed by atoms with Gasteiger partial charge in [-0.15, -0.1) is 0 Å². The lowest BCUT2D eigenvalue weighted by atomic mass is 10.3. The number of carbonyl (C=O) groups is 2. The molecule has 0 aliphatic heterocycles. The van der Waals surface area contributed by atoms with E-state index in [0.717, 1.165) is 6.42 Å². The summed E-state index contributed by atoms with van der Waals surface area (Å²) in [4.78, 5) is 32.5. The van der Waals surface area contributed by atoms with E-state index in [1.54, 1.807) is 6.92 Å². The van der Waals surface area contributed by atoms with Crippen LogP contribution in [0.5, 0.6) is 0 Å². The van der Waals surface area contributed by atoms with Crippen molar-refractivity contribution in [2.75, 3.05) is 19.8 Å². The van der Waals surface area contributed by atoms with Crippen molar-refractivity contribution < 1.29 is 28.8 Å². The average Bonchev–Trinajstić information content (AvgIpc) is 2.40. The Balaban J connectivity index is 3.40. The predicted octanol–water partition coefficient (Wildman–Crippen LogP) is 3.29. The first-order valence-corrected chi connectivity index (χ1v) is 7.99. The van der Waals surface area contributed by atoms with Crippen molar-refractivity contribution in [1.29, 1.82) is 0 Å². The van der Waals surface area contributed by atoms with E-state index < -0.39 is 10.5 Å². The van der Waals surface area contributed by atoms with E-state index in [4.69, 9.17) is 19.2 Å². The minimum Gasteiger partial charge on any atom is -0.466 e. The first-order valence-electron chi connectivity index (χ1n) is 7.20. The van der Waals surface area contributed by atoms with E-state index in [2.05, 4.69) is 22.5 Å². The molecule has 0 amide bonds. The highest BCUT2D eigenvalue weighted by Gasteiger charge is 2.13. The second-order valence-electron chi connectivity index (χ2n) is 5.22. The van der Waals surface area contributed by atoms with Gasteiger partial charge in [0, 0.05) is 12.0 Å².